The number of rotatable bonds is 3. The van der Waals surface area contributed by atoms with E-state index >= 15 is 0 Å². The van der Waals surface area contributed by atoms with E-state index in [2.05, 4.69) is 31.2 Å². The van der Waals surface area contributed by atoms with Gasteiger partial charge >= 0.3 is 0 Å². The molecule has 0 aromatic carbocycles. The van der Waals surface area contributed by atoms with Crippen molar-refractivity contribution in [2.75, 3.05) is 5.32 Å². The van der Waals surface area contributed by atoms with Crippen molar-refractivity contribution in [2.45, 2.75) is 13.5 Å². The van der Waals surface area contributed by atoms with E-state index in [0.717, 1.165) is 28.0 Å². The fourth-order valence-electron chi connectivity index (χ4n) is 1.41. The number of pyridine rings is 2. The molecule has 0 aliphatic carbocycles. The van der Waals surface area contributed by atoms with E-state index in [-0.39, 0.29) is 0 Å². The van der Waals surface area contributed by atoms with Gasteiger partial charge < -0.3 is 5.32 Å². The lowest BCUT2D eigenvalue weighted by molar-refractivity contribution is 1.07. The fraction of sp³-hybridized carbons (Fsp3) is 0.167. The predicted molar refractivity (Wildman–Crippen MR) is 68.2 cm³/mol. The highest BCUT2D eigenvalue weighted by Gasteiger charge is 2.00. The number of nitrogens with zero attached hydrogens (tertiary/aromatic N) is 2. The Labute approximate surface area is 103 Å². The minimum Gasteiger partial charge on any atom is -0.366 e. The van der Waals surface area contributed by atoms with Crippen LogP contribution in [0.5, 0.6) is 0 Å². The molecule has 2 aromatic heterocycles. The Morgan fingerprint density at radius 2 is 2.25 bits per heavy atom. The summed E-state index contributed by atoms with van der Waals surface area (Å²) in [7, 11) is 0. The van der Waals surface area contributed by atoms with Gasteiger partial charge in [0.05, 0.1) is 0 Å². The Hall–Kier alpha value is -1.42. The van der Waals surface area contributed by atoms with E-state index in [1.807, 2.05) is 31.3 Å². The van der Waals surface area contributed by atoms with Gasteiger partial charge in [-0.3, -0.25) is 4.98 Å². The molecule has 4 heteroatoms. The first-order valence-electron chi connectivity index (χ1n) is 5.00. The maximum absolute atomic E-state index is 4.31. The van der Waals surface area contributed by atoms with Crippen LogP contribution in [0.1, 0.15) is 11.1 Å². The minimum absolute atomic E-state index is 0.739. The highest BCUT2D eigenvalue weighted by atomic mass is 79.9. The third-order valence-electron chi connectivity index (χ3n) is 2.23. The summed E-state index contributed by atoms with van der Waals surface area (Å²) < 4.78 is 0.997. The van der Waals surface area contributed by atoms with Gasteiger partial charge in [0.25, 0.3) is 0 Å². The second kappa shape index (κ2) is 5.07. The van der Waals surface area contributed by atoms with Gasteiger partial charge in [0.2, 0.25) is 0 Å². The van der Waals surface area contributed by atoms with Crippen LogP contribution in [0.15, 0.2) is 41.3 Å². The average Bonchev–Trinajstić information content (AvgIpc) is 2.29. The van der Waals surface area contributed by atoms with Gasteiger partial charge in [0, 0.05) is 29.6 Å². The summed E-state index contributed by atoms with van der Waals surface area (Å²) >= 11 is 3.39. The fourth-order valence-corrected chi connectivity index (χ4v) is 1.86. The quantitative estimate of drug-likeness (QED) is 0.937. The lowest BCUT2D eigenvalue weighted by Crippen LogP contribution is -2.03. The van der Waals surface area contributed by atoms with Crippen molar-refractivity contribution in [1.82, 2.24) is 9.97 Å². The molecule has 0 aliphatic heterocycles. The highest BCUT2D eigenvalue weighted by Crippen LogP contribution is 2.17. The molecule has 1 N–H and O–H groups in total. The molecule has 0 bridgehead atoms. The topological polar surface area (TPSA) is 37.8 Å². The summed E-state index contributed by atoms with van der Waals surface area (Å²) in [6.07, 6.45) is 5.41. The first-order chi connectivity index (χ1) is 7.75. The second-order valence-electron chi connectivity index (χ2n) is 3.53. The molecule has 0 unspecified atom stereocenters. The molecule has 0 saturated heterocycles. The lowest BCUT2D eigenvalue weighted by atomic mass is 10.2. The molecule has 2 heterocycles. The van der Waals surface area contributed by atoms with Crippen molar-refractivity contribution in [3.05, 3.63) is 52.4 Å². The molecule has 82 valence electrons. The lowest BCUT2D eigenvalue weighted by Gasteiger charge is -2.08. The van der Waals surface area contributed by atoms with E-state index in [1.165, 1.54) is 0 Å². The molecule has 3 nitrogen and oxygen atoms in total. The summed E-state index contributed by atoms with van der Waals surface area (Å²) in [6.45, 7) is 2.77. The van der Waals surface area contributed by atoms with Gasteiger partial charge in [-0.15, -0.1) is 0 Å². The number of aromatic nitrogens is 2. The molecule has 16 heavy (non-hydrogen) atoms. The zero-order chi connectivity index (χ0) is 11.4. The number of anilines is 1. The Morgan fingerprint density at radius 1 is 1.38 bits per heavy atom. The Morgan fingerprint density at radius 3 is 2.94 bits per heavy atom. The highest BCUT2D eigenvalue weighted by molar-refractivity contribution is 9.10. The molecule has 0 aliphatic rings. The summed E-state index contributed by atoms with van der Waals surface area (Å²) in [6, 6.07) is 6.01. The molecule has 0 amide bonds. The van der Waals surface area contributed by atoms with E-state index < -0.39 is 0 Å². The standard InChI is InChI=1S/C12H12BrN3/c1-9-5-11(13)8-16-12(9)15-7-10-3-2-4-14-6-10/h2-6,8H,7H2,1H3,(H,15,16). The third-order valence-corrected chi connectivity index (χ3v) is 2.66. The second-order valence-corrected chi connectivity index (χ2v) is 4.45. The Kier molecular flexibility index (Phi) is 3.51. The monoisotopic (exact) mass is 277 g/mol. The molecule has 2 aromatic rings. The molecule has 0 spiro atoms. The summed E-state index contributed by atoms with van der Waals surface area (Å²) in [5.41, 5.74) is 2.27. The third kappa shape index (κ3) is 2.79. The van der Waals surface area contributed by atoms with Crippen LogP contribution in [-0.2, 0) is 6.54 Å². The summed E-state index contributed by atoms with van der Waals surface area (Å²) in [4.78, 5) is 8.38. The van der Waals surface area contributed by atoms with Gasteiger partial charge in [-0.1, -0.05) is 6.07 Å². The number of nitrogens with one attached hydrogen (secondary N) is 1. The summed E-state index contributed by atoms with van der Waals surface area (Å²) in [5, 5.41) is 3.28. The van der Waals surface area contributed by atoms with Gasteiger partial charge in [-0.05, 0) is 46.1 Å². The van der Waals surface area contributed by atoms with E-state index in [1.54, 1.807) is 12.4 Å². The van der Waals surface area contributed by atoms with Crippen LogP contribution in [0.2, 0.25) is 0 Å². The maximum atomic E-state index is 4.31. The first-order valence-corrected chi connectivity index (χ1v) is 5.80. The van der Waals surface area contributed by atoms with Crippen molar-refractivity contribution in [3.8, 4) is 0 Å². The van der Waals surface area contributed by atoms with Gasteiger partial charge in [0.1, 0.15) is 5.82 Å². The van der Waals surface area contributed by atoms with Gasteiger partial charge in [-0.25, -0.2) is 4.98 Å². The molecule has 0 saturated carbocycles. The van der Waals surface area contributed by atoms with Gasteiger partial charge in [-0.2, -0.15) is 0 Å². The van der Waals surface area contributed by atoms with Crippen molar-refractivity contribution in [3.63, 3.8) is 0 Å². The van der Waals surface area contributed by atoms with Crippen LogP contribution in [0.3, 0.4) is 0 Å². The van der Waals surface area contributed by atoms with Crippen LogP contribution in [0, 0.1) is 6.92 Å². The molecule has 0 radical (unpaired) electrons. The van der Waals surface area contributed by atoms with E-state index in [0.29, 0.717) is 0 Å². The molecule has 2 rings (SSSR count). The molecular formula is C12H12BrN3. The van der Waals surface area contributed by atoms with Crippen LogP contribution >= 0.6 is 15.9 Å². The van der Waals surface area contributed by atoms with Crippen LogP contribution < -0.4 is 5.32 Å². The average molecular weight is 278 g/mol. The predicted octanol–water partition coefficient (Wildman–Crippen LogP) is 3.16. The largest absolute Gasteiger partial charge is 0.366 e. The number of hydrogen-bond acceptors (Lipinski definition) is 3. The number of halogens is 1. The Balaban J connectivity index is 2.05. The Bertz CT molecular complexity index is 471. The van der Waals surface area contributed by atoms with Crippen molar-refractivity contribution in [2.24, 2.45) is 0 Å². The van der Waals surface area contributed by atoms with E-state index in [9.17, 15) is 0 Å². The van der Waals surface area contributed by atoms with Gasteiger partial charge in [0.15, 0.2) is 0 Å². The van der Waals surface area contributed by atoms with E-state index in [4.69, 9.17) is 0 Å². The maximum Gasteiger partial charge on any atom is 0.129 e. The van der Waals surface area contributed by atoms with Crippen molar-refractivity contribution in [1.29, 1.82) is 0 Å². The first kappa shape index (κ1) is 11.1. The molecule has 0 atom stereocenters. The van der Waals surface area contributed by atoms with Crippen LogP contribution in [-0.4, -0.2) is 9.97 Å². The van der Waals surface area contributed by atoms with Crippen LogP contribution in [0.25, 0.3) is 0 Å². The smallest absolute Gasteiger partial charge is 0.129 e. The normalized spacial score (nSPS) is 10.1. The number of hydrogen-bond donors (Lipinski definition) is 1. The zero-order valence-electron chi connectivity index (χ0n) is 8.94. The van der Waals surface area contributed by atoms with Crippen molar-refractivity contribution >= 4 is 21.7 Å². The molecule has 0 fully saturated rings. The minimum atomic E-state index is 0.739. The van der Waals surface area contributed by atoms with Crippen LogP contribution in [0.4, 0.5) is 5.82 Å². The SMILES string of the molecule is Cc1cc(Br)cnc1NCc1cccnc1. The summed E-state index contributed by atoms with van der Waals surface area (Å²) in [5.74, 6) is 0.909. The van der Waals surface area contributed by atoms with Crippen molar-refractivity contribution < 1.29 is 0 Å². The zero-order valence-corrected chi connectivity index (χ0v) is 10.5. The number of aryl methyl sites for hydroxylation is 1. The molecular weight excluding hydrogens is 266 g/mol.